The lowest BCUT2D eigenvalue weighted by Crippen LogP contribution is -2.07. The van der Waals surface area contributed by atoms with Crippen molar-refractivity contribution in [1.29, 1.82) is 0 Å². The standard InChI is InChI=1S/C15H12N4OS2/c1-10-16-12(9-21-10)7-8-13(20)17-15-19-18-14(22-15)11-5-3-2-4-6-11/h2-9H,1H3,(H,17,19,20)/b8-7+. The van der Waals surface area contributed by atoms with Crippen molar-refractivity contribution in [2.45, 2.75) is 6.92 Å². The van der Waals surface area contributed by atoms with Crippen molar-refractivity contribution in [2.75, 3.05) is 5.32 Å². The first-order chi connectivity index (χ1) is 10.7. The molecule has 0 aliphatic carbocycles. The summed E-state index contributed by atoms with van der Waals surface area (Å²) in [7, 11) is 0. The second-order valence-corrected chi connectivity index (χ2v) is 6.43. The summed E-state index contributed by atoms with van der Waals surface area (Å²) < 4.78 is 0. The maximum absolute atomic E-state index is 11.9. The summed E-state index contributed by atoms with van der Waals surface area (Å²) in [4.78, 5) is 16.1. The van der Waals surface area contributed by atoms with Crippen molar-refractivity contribution >= 4 is 39.8 Å². The lowest BCUT2D eigenvalue weighted by Gasteiger charge is -1.94. The first-order valence-electron chi connectivity index (χ1n) is 6.51. The number of aryl methyl sites for hydroxylation is 1. The van der Waals surface area contributed by atoms with Crippen LogP contribution in [0.3, 0.4) is 0 Å². The number of carbonyl (C=O) groups is 1. The number of benzene rings is 1. The van der Waals surface area contributed by atoms with Crippen molar-refractivity contribution in [3.8, 4) is 10.6 Å². The van der Waals surface area contributed by atoms with Crippen LogP contribution in [0.1, 0.15) is 10.7 Å². The average molecular weight is 328 g/mol. The van der Waals surface area contributed by atoms with Gasteiger partial charge in [0.2, 0.25) is 11.0 Å². The Hall–Kier alpha value is -2.38. The zero-order valence-corrected chi connectivity index (χ0v) is 13.3. The van der Waals surface area contributed by atoms with Crippen LogP contribution in [0.15, 0.2) is 41.8 Å². The fraction of sp³-hybridized carbons (Fsp3) is 0.0667. The van der Waals surface area contributed by atoms with Gasteiger partial charge in [-0.3, -0.25) is 10.1 Å². The van der Waals surface area contributed by atoms with E-state index in [2.05, 4.69) is 20.5 Å². The van der Waals surface area contributed by atoms with E-state index in [0.717, 1.165) is 21.3 Å². The third kappa shape index (κ3) is 3.63. The Morgan fingerprint density at radius 1 is 1.23 bits per heavy atom. The number of nitrogens with one attached hydrogen (secondary N) is 1. The van der Waals surface area contributed by atoms with Crippen LogP contribution in [0.25, 0.3) is 16.6 Å². The molecule has 0 saturated carbocycles. The van der Waals surface area contributed by atoms with Gasteiger partial charge in [-0.15, -0.1) is 21.5 Å². The highest BCUT2D eigenvalue weighted by molar-refractivity contribution is 7.18. The molecular weight excluding hydrogens is 316 g/mol. The molecule has 0 radical (unpaired) electrons. The minimum Gasteiger partial charge on any atom is -0.297 e. The SMILES string of the molecule is Cc1nc(/C=C/C(=O)Nc2nnc(-c3ccccc3)s2)cs1. The smallest absolute Gasteiger partial charge is 0.250 e. The predicted octanol–water partition coefficient (Wildman–Crippen LogP) is 3.62. The van der Waals surface area contributed by atoms with Gasteiger partial charge in [-0.1, -0.05) is 41.7 Å². The largest absolute Gasteiger partial charge is 0.297 e. The number of carbonyl (C=O) groups excluding carboxylic acids is 1. The highest BCUT2D eigenvalue weighted by atomic mass is 32.1. The number of amides is 1. The molecule has 0 spiro atoms. The molecule has 0 unspecified atom stereocenters. The summed E-state index contributed by atoms with van der Waals surface area (Å²) in [6, 6.07) is 9.73. The van der Waals surface area contributed by atoms with Gasteiger partial charge < -0.3 is 0 Å². The van der Waals surface area contributed by atoms with Crippen molar-refractivity contribution in [3.63, 3.8) is 0 Å². The van der Waals surface area contributed by atoms with E-state index in [4.69, 9.17) is 0 Å². The molecule has 0 saturated heterocycles. The Kier molecular flexibility index (Phi) is 4.36. The van der Waals surface area contributed by atoms with E-state index in [1.165, 1.54) is 17.4 Å². The topological polar surface area (TPSA) is 67.8 Å². The molecule has 1 amide bonds. The summed E-state index contributed by atoms with van der Waals surface area (Å²) in [5, 5.41) is 14.9. The maximum Gasteiger partial charge on any atom is 0.250 e. The predicted molar refractivity (Wildman–Crippen MR) is 89.9 cm³/mol. The van der Waals surface area contributed by atoms with E-state index in [-0.39, 0.29) is 5.91 Å². The average Bonchev–Trinajstić information content (AvgIpc) is 3.15. The summed E-state index contributed by atoms with van der Waals surface area (Å²) in [5.41, 5.74) is 1.76. The molecule has 7 heteroatoms. The van der Waals surface area contributed by atoms with E-state index in [1.807, 2.05) is 42.6 Å². The number of anilines is 1. The van der Waals surface area contributed by atoms with Crippen molar-refractivity contribution < 1.29 is 4.79 Å². The van der Waals surface area contributed by atoms with Gasteiger partial charge in [0, 0.05) is 17.0 Å². The molecule has 2 heterocycles. The van der Waals surface area contributed by atoms with Crippen molar-refractivity contribution in [2.24, 2.45) is 0 Å². The number of rotatable bonds is 4. The van der Waals surface area contributed by atoms with Gasteiger partial charge in [0.15, 0.2) is 0 Å². The molecule has 0 aliphatic heterocycles. The summed E-state index contributed by atoms with van der Waals surface area (Å²) >= 11 is 2.89. The Balaban J connectivity index is 1.65. The van der Waals surface area contributed by atoms with Crippen LogP contribution in [0.2, 0.25) is 0 Å². The fourth-order valence-corrected chi connectivity index (χ4v) is 3.07. The third-order valence-corrected chi connectivity index (χ3v) is 4.40. The van der Waals surface area contributed by atoms with E-state index < -0.39 is 0 Å². The van der Waals surface area contributed by atoms with E-state index in [0.29, 0.717) is 5.13 Å². The molecule has 1 N–H and O–H groups in total. The molecule has 0 fully saturated rings. The minimum absolute atomic E-state index is 0.249. The number of nitrogens with zero attached hydrogens (tertiary/aromatic N) is 3. The summed E-state index contributed by atoms with van der Waals surface area (Å²) in [6.07, 6.45) is 3.12. The van der Waals surface area contributed by atoms with Gasteiger partial charge in [0.25, 0.3) is 0 Å². The van der Waals surface area contributed by atoms with Crippen LogP contribution in [-0.2, 0) is 4.79 Å². The van der Waals surface area contributed by atoms with Crippen molar-refractivity contribution in [3.05, 3.63) is 52.5 Å². The van der Waals surface area contributed by atoms with Gasteiger partial charge in [-0.05, 0) is 13.0 Å². The summed E-state index contributed by atoms with van der Waals surface area (Å²) in [5.74, 6) is -0.249. The van der Waals surface area contributed by atoms with Gasteiger partial charge in [-0.2, -0.15) is 0 Å². The number of hydrogen-bond acceptors (Lipinski definition) is 6. The highest BCUT2D eigenvalue weighted by Crippen LogP contribution is 2.25. The molecule has 5 nitrogen and oxygen atoms in total. The monoisotopic (exact) mass is 328 g/mol. The molecular formula is C15H12N4OS2. The lowest BCUT2D eigenvalue weighted by molar-refractivity contribution is -0.111. The maximum atomic E-state index is 11.9. The van der Waals surface area contributed by atoms with E-state index in [9.17, 15) is 4.79 Å². The van der Waals surface area contributed by atoms with Gasteiger partial charge in [0.05, 0.1) is 10.7 Å². The normalized spacial score (nSPS) is 11.0. The number of hydrogen-bond donors (Lipinski definition) is 1. The Labute approximate surface area is 135 Å². The van der Waals surface area contributed by atoms with Crippen molar-refractivity contribution in [1.82, 2.24) is 15.2 Å². The fourth-order valence-electron chi connectivity index (χ4n) is 1.74. The molecule has 2 aromatic heterocycles. The zero-order chi connectivity index (χ0) is 15.4. The number of aromatic nitrogens is 3. The molecule has 1 aromatic carbocycles. The van der Waals surface area contributed by atoms with Crippen LogP contribution < -0.4 is 5.32 Å². The number of thiazole rings is 1. The molecule has 22 heavy (non-hydrogen) atoms. The zero-order valence-electron chi connectivity index (χ0n) is 11.7. The van der Waals surface area contributed by atoms with Crippen LogP contribution in [-0.4, -0.2) is 21.1 Å². The van der Waals surface area contributed by atoms with Crippen LogP contribution in [0, 0.1) is 6.92 Å². The minimum atomic E-state index is -0.249. The second kappa shape index (κ2) is 6.59. The van der Waals surface area contributed by atoms with Gasteiger partial charge in [-0.25, -0.2) is 4.98 Å². The second-order valence-electron chi connectivity index (χ2n) is 4.39. The molecule has 0 atom stereocenters. The van der Waals surface area contributed by atoms with Crippen LogP contribution in [0.4, 0.5) is 5.13 Å². The first-order valence-corrected chi connectivity index (χ1v) is 8.20. The van der Waals surface area contributed by atoms with Gasteiger partial charge in [0.1, 0.15) is 5.01 Å². The quantitative estimate of drug-likeness (QED) is 0.743. The third-order valence-electron chi connectivity index (χ3n) is 2.72. The van der Waals surface area contributed by atoms with Crippen LogP contribution in [0.5, 0.6) is 0 Å². The Bertz CT molecular complexity index is 808. The van der Waals surface area contributed by atoms with E-state index >= 15 is 0 Å². The van der Waals surface area contributed by atoms with Gasteiger partial charge >= 0.3 is 0 Å². The highest BCUT2D eigenvalue weighted by Gasteiger charge is 2.07. The Morgan fingerprint density at radius 3 is 2.77 bits per heavy atom. The molecule has 3 aromatic rings. The molecule has 0 aliphatic rings. The first kappa shape index (κ1) is 14.6. The lowest BCUT2D eigenvalue weighted by atomic mass is 10.2. The van der Waals surface area contributed by atoms with Crippen LogP contribution >= 0.6 is 22.7 Å². The molecule has 110 valence electrons. The summed E-state index contributed by atoms with van der Waals surface area (Å²) in [6.45, 7) is 1.93. The molecule has 0 bridgehead atoms. The van der Waals surface area contributed by atoms with E-state index in [1.54, 1.807) is 17.4 Å². The Morgan fingerprint density at radius 2 is 2.05 bits per heavy atom. The molecule has 3 rings (SSSR count).